The van der Waals surface area contributed by atoms with Crippen molar-refractivity contribution in [3.05, 3.63) is 22.7 Å². The number of nitrogens with zero attached hydrogens (tertiary/aromatic N) is 1. The highest BCUT2D eigenvalue weighted by Crippen LogP contribution is 2.32. The van der Waals surface area contributed by atoms with E-state index in [1.54, 1.807) is 7.11 Å². The van der Waals surface area contributed by atoms with Crippen LogP contribution >= 0.6 is 11.6 Å². The predicted molar refractivity (Wildman–Crippen MR) is 66.3 cm³/mol. The molecule has 0 aliphatic heterocycles. The summed E-state index contributed by atoms with van der Waals surface area (Å²) in [6.07, 6.45) is 0. The Balaban J connectivity index is 3.15. The molecule has 0 heterocycles. The van der Waals surface area contributed by atoms with Gasteiger partial charge >= 0.3 is 0 Å². The van der Waals surface area contributed by atoms with Crippen molar-refractivity contribution in [3.63, 3.8) is 0 Å². The van der Waals surface area contributed by atoms with E-state index in [1.165, 1.54) is 5.56 Å². The molecule has 0 saturated carbocycles. The molecule has 0 amide bonds. The second-order valence-electron chi connectivity index (χ2n) is 3.98. The lowest BCUT2D eigenvalue weighted by Gasteiger charge is -2.26. The molecule has 0 N–H and O–H groups in total. The first kappa shape index (κ1) is 12.2. The number of rotatable bonds is 3. The summed E-state index contributed by atoms with van der Waals surface area (Å²) in [6, 6.07) is 4.37. The van der Waals surface area contributed by atoms with Crippen LogP contribution < -0.4 is 9.64 Å². The van der Waals surface area contributed by atoms with Gasteiger partial charge in [-0.25, -0.2) is 0 Å². The number of aryl methyl sites for hydroxylation is 1. The van der Waals surface area contributed by atoms with Gasteiger partial charge in [0.15, 0.2) is 0 Å². The van der Waals surface area contributed by atoms with Crippen molar-refractivity contribution in [2.75, 3.05) is 19.1 Å². The average Bonchev–Trinajstić information content (AvgIpc) is 2.19. The summed E-state index contributed by atoms with van der Waals surface area (Å²) in [5.74, 6) is 0.732. The summed E-state index contributed by atoms with van der Waals surface area (Å²) in [5.41, 5.74) is 2.32. The van der Waals surface area contributed by atoms with E-state index in [0.29, 0.717) is 11.1 Å². The second kappa shape index (κ2) is 4.75. The highest BCUT2D eigenvalue weighted by atomic mass is 35.5. The van der Waals surface area contributed by atoms with Gasteiger partial charge in [0.25, 0.3) is 0 Å². The number of ether oxygens (including phenoxy) is 1. The molecule has 1 aromatic carbocycles. The predicted octanol–water partition coefficient (Wildman–Crippen LogP) is 3.50. The third-order valence-electron chi connectivity index (χ3n) is 2.62. The van der Waals surface area contributed by atoms with Crippen LogP contribution in [0.3, 0.4) is 0 Å². The first-order chi connectivity index (χ1) is 6.97. The molecular weight excluding hydrogens is 210 g/mol. The van der Waals surface area contributed by atoms with Gasteiger partial charge in [0.2, 0.25) is 0 Å². The number of hydrogen-bond acceptors (Lipinski definition) is 2. The van der Waals surface area contributed by atoms with E-state index in [-0.39, 0.29) is 0 Å². The van der Waals surface area contributed by atoms with E-state index in [1.807, 2.05) is 12.1 Å². The smallest absolute Gasteiger partial charge is 0.137 e. The molecule has 0 saturated heterocycles. The second-order valence-corrected chi connectivity index (χ2v) is 4.39. The van der Waals surface area contributed by atoms with E-state index in [9.17, 15) is 0 Å². The highest BCUT2D eigenvalue weighted by molar-refractivity contribution is 6.32. The molecule has 84 valence electrons. The molecule has 1 aromatic rings. The van der Waals surface area contributed by atoms with E-state index in [0.717, 1.165) is 11.4 Å². The molecular formula is C12H18ClNO. The van der Waals surface area contributed by atoms with Crippen LogP contribution in [-0.2, 0) is 0 Å². The Morgan fingerprint density at radius 3 is 2.40 bits per heavy atom. The Morgan fingerprint density at radius 1 is 1.33 bits per heavy atom. The van der Waals surface area contributed by atoms with Crippen LogP contribution in [0.4, 0.5) is 5.69 Å². The van der Waals surface area contributed by atoms with Gasteiger partial charge < -0.3 is 9.64 Å². The molecule has 3 heteroatoms. The van der Waals surface area contributed by atoms with E-state index >= 15 is 0 Å². The van der Waals surface area contributed by atoms with Gasteiger partial charge in [-0.05, 0) is 38.5 Å². The third kappa shape index (κ3) is 2.57. The minimum atomic E-state index is 0.452. The Bertz CT molecular complexity index is 350. The summed E-state index contributed by atoms with van der Waals surface area (Å²) >= 11 is 6.10. The van der Waals surface area contributed by atoms with Crippen LogP contribution in [0.1, 0.15) is 19.4 Å². The summed E-state index contributed by atoms with van der Waals surface area (Å²) in [5, 5.41) is 0.658. The van der Waals surface area contributed by atoms with Crippen molar-refractivity contribution >= 4 is 17.3 Å². The van der Waals surface area contributed by atoms with Crippen molar-refractivity contribution in [2.45, 2.75) is 26.8 Å². The molecule has 0 bridgehead atoms. The van der Waals surface area contributed by atoms with Gasteiger partial charge in [-0.15, -0.1) is 0 Å². The molecule has 0 aliphatic rings. The Morgan fingerprint density at radius 2 is 1.93 bits per heavy atom. The maximum atomic E-state index is 6.10. The zero-order chi connectivity index (χ0) is 11.6. The van der Waals surface area contributed by atoms with Crippen LogP contribution in [-0.4, -0.2) is 20.2 Å². The third-order valence-corrected chi connectivity index (χ3v) is 2.92. The molecule has 0 aliphatic carbocycles. The molecule has 2 nitrogen and oxygen atoms in total. The molecule has 0 atom stereocenters. The fourth-order valence-corrected chi connectivity index (χ4v) is 1.69. The minimum absolute atomic E-state index is 0.452. The molecule has 0 unspecified atom stereocenters. The van der Waals surface area contributed by atoms with E-state index in [4.69, 9.17) is 16.3 Å². The van der Waals surface area contributed by atoms with Crippen molar-refractivity contribution < 1.29 is 4.74 Å². The Hall–Kier alpha value is -0.890. The Labute approximate surface area is 96.8 Å². The molecule has 15 heavy (non-hydrogen) atoms. The lowest BCUT2D eigenvalue weighted by atomic mass is 10.1. The average molecular weight is 228 g/mol. The summed E-state index contributed by atoms with van der Waals surface area (Å²) < 4.78 is 5.17. The number of methoxy groups -OCH3 is 1. The van der Waals surface area contributed by atoms with Gasteiger partial charge in [0, 0.05) is 18.8 Å². The first-order valence-corrected chi connectivity index (χ1v) is 5.42. The van der Waals surface area contributed by atoms with Gasteiger partial charge in [-0.2, -0.15) is 0 Å². The Kier molecular flexibility index (Phi) is 3.86. The normalized spacial score (nSPS) is 10.6. The van der Waals surface area contributed by atoms with Gasteiger partial charge in [0.1, 0.15) is 5.75 Å². The first-order valence-electron chi connectivity index (χ1n) is 5.04. The SMILES string of the molecule is COc1cc(C)c(N(C)C(C)C)cc1Cl. The van der Waals surface area contributed by atoms with Crippen molar-refractivity contribution in [2.24, 2.45) is 0 Å². The van der Waals surface area contributed by atoms with Crippen LogP contribution in [0.2, 0.25) is 5.02 Å². The van der Waals surface area contributed by atoms with E-state index in [2.05, 4.69) is 32.7 Å². The quantitative estimate of drug-likeness (QED) is 0.784. The van der Waals surface area contributed by atoms with Crippen LogP contribution in [0, 0.1) is 6.92 Å². The monoisotopic (exact) mass is 227 g/mol. The van der Waals surface area contributed by atoms with Gasteiger partial charge in [-0.1, -0.05) is 11.6 Å². The van der Waals surface area contributed by atoms with Crippen LogP contribution in [0.25, 0.3) is 0 Å². The lowest BCUT2D eigenvalue weighted by Crippen LogP contribution is -2.26. The number of hydrogen-bond donors (Lipinski definition) is 0. The summed E-state index contributed by atoms with van der Waals surface area (Å²) in [4.78, 5) is 2.20. The lowest BCUT2D eigenvalue weighted by molar-refractivity contribution is 0.414. The minimum Gasteiger partial charge on any atom is -0.495 e. The largest absolute Gasteiger partial charge is 0.495 e. The molecule has 0 aromatic heterocycles. The van der Waals surface area contributed by atoms with Crippen molar-refractivity contribution in [3.8, 4) is 5.75 Å². The fourth-order valence-electron chi connectivity index (χ4n) is 1.46. The van der Waals surface area contributed by atoms with Crippen molar-refractivity contribution in [1.82, 2.24) is 0 Å². The number of anilines is 1. The maximum Gasteiger partial charge on any atom is 0.137 e. The van der Waals surface area contributed by atoms with Gasteiger partial charge in [-0.3, -0.25) is 0 Å². The van der Waals surface area contributed by atoms with Crippen molar-refractivity contribution in [1.29, 1.82) is 0 Å². The number of halogens is 1. The molecule has 0 radical (unpaired) electrons. The standard InChI is InChI=1S/C12H18ClNO/c1-8(2)14(4)11-7-10(13)12(15-5)6-9(11)3/h6-8H,1-5H3. The zero-order valence-corrected chi connectivity index (χ0v) is 10.7. The van der Waals surface area contributed by atoms with Crippen LogP contribution in [0.5, 0.6) is 5.75 Å². The summed E-state index contributed by atoms with van der Waals surface area (Å²) in [7, 11) is 3.70. The van der Waals surface area contributed by atoms with Gasteiger partial charge in [0.05, 0.1) is 12.1 Å². The molecule has 0 fully saturated rings. The zero-order valence-electron chi connectivity index (χ0n) is 9.97. The molecule has 1 rings (SSSR count). The topological polar surface area (TPSA) is 12.5 Å². The van der Waals surface area contributed by atoms with E-state index < -0.39 is 0 Å². The maximum absolute atomic E-state index is 6.10. The number of benzene rings is 1. The fraction of sp³-hybridized carbons (Fsp3) is 0.500. The van der Waals surface area contributed by atoms with Crippen LogP contribution in [0.15, 0.2) is 12.1 Å². The highest BCUT2D eigenvalue weighted by Gasteiger charge is 2.11. The summed E-state index contributed by atoms with van der Waals surface area (Å²) in [6.45, 7) is 6.36. The molecule has 0 spiro atoms.